The van der Waals surface area contributed by atoms with Gasteiger partial charge < -0.3 is 19.9 Å². The summed E-state index contributed by atoms with van der Waals surface area (Å²) in [5.74, 6) is 1.34. The SMILES string of the molecule is COc1cc(OC)c(OC)cc1/C=N/NC(=O)c1nnn(-c2nonc2N)c1CSc1ccccc1. The topological polar surface area (TPSA) is 165 Å². The second-order valence-electron chi connectivity index (χ2n) is 7.02. The Morgan fingerprint density at radius 3 is 2.50 bits per heavy atom. The first-order valence-electron chi connectivity index (χ1n) is 10.4. The quantitative estimate of drug-likeness (QED) is 0.183. The summed E-state index contributed by atoms with van der Waals surface area (Å²) in [6.07, 6.45) is 1.42. The first-order valence-corrected chi connectivity index (χ1v) is 11.4. The molecule has 0 saturated carbocycles. The molecule has 14 heteroatoms. The highest BCUT2D eigenvalue weighted by Gasteiger charge is 2.24. The van der Waals surface area contributed by atoms with Crippen LogP contribution in [0, 0.1) is 0 Å². The number of carbonyl (C=O) groups is 1. The molecule has 0 aliphatic heterocycles. The second-order valence-corrected chi connectivity index (χ2v) is 8.07. The van der Waals surface area contributed by atoms with E-state index >= 15 is 0 Å². The lowest BCUT2D eigenvalue weighted by Crippen LogP contribution is -2.20. The maximum atomic E-state index is 13.0. The molecular formula is C22H22N8O5S. The van der Waals surface area contributed by atoms with E-state index < -0.39 is 5.91 Å². The average molecular weight is 511 g/mol. The Kier molecular flexibility index (Phi) is 7.65. The lowest BCUT2D eigenvalue weighted by molar-refractivity contribution is 0.0949. The summed E-state index contributed by atoms with van der Waals surface area (Å²) in [6.45, 7) is 0. The number of ether oxygens (including phenoxy) is 3. The number of carbonyl (C=O) groups excluding carboxylic acids is 1. The summed E-state index contributed by atoms with van der Waals surface area (Å²) < 4.78 is 22.0. The van der Waals surface area contributed by atoms with Crippen molar-refractivity contribution in [2.24, 2.45) is 5.10 Å². The number of thioether (sulfide) groups is 1. The van der Waals surface area contributed by atoms with Crippen molar-refractivity contribution in [3.63, 3.8) is 0 Å². The maximum absolute atomic E-state index is 13.0. The van der Waals surface area contributed by atoms with Gasteiger partial charge in [0.2, 0.25) is 11.6 Å². The molecule has 0 saturated heterocycles. The van der Waals surface area contributed by atoms with Crippen molar-refractivity contribution >= 4 is 29.7 Å². The van der Waals surface area contributed by atoms with Crippen LogP contribution in [0.1, 0.15) is 21.7 Å². The van der Waals surface area contributed by atoms with Crippen LogP contribution < -0.4 is 25.4 Å². The molecular weight excluding hydrogens is 488 g/mol. The van der Waals surface area contributed by atoms with Gasteiger partial charge in [-0.15, -0.1) is 16.9 Å². The zero-order valence-electron chi connectivity index (χ0n) is 19.5. The maximum Gasteiger partial charge on any atom is 0.293 e. The van der Waals surface area contributed by atoms with Crippen LogP contribution in [0.2, 0.25) is 0 Å². The number of methoxy groups -OCH3 is 3. The van der Waals surface area contributed by atoms with Gasteiger partial charge in [-0.05, 0) is 28.5 Å². The lowest BCUT2D eigenvalue weighted by Gasteiger charge is -2.11. The summed E-state index contributed by atoms with van der Waals surface area (Å²) in [4.78, 5) is 14.0. The van der Waals surface area contributed by atoms with Crippen LogP contribution in [0.15, 0.2) is 57.1 Å². The third-order valence-corrected chi connectivity index (χ3v) is 5.92. The molecule has 2 aromatic heterocycles. The molecule has 36 heavy (non-hydrogen) atoms. The highest BCUT2D eigenvalue weighted by atomic mass is 32.2. The Labute approximate surface area is 209 Å². The highest BCUT2D eigenvalue weighted by molar-refractivity contribution is 7.98. The van der Waals surface area contributed by atoms with Crippen LogP contribution in [-0.4, -0.2) is 58.8 Å². The van der Waals surface area contributed by atoms with Crippen LogP contribution >= 0.6 is 11.8 Å². The lowest BCUT2D eigenvalue weighted by atomic mass is 10.2. The number of nitrogen functional groups attached to an aromatic ring is 1. The van der Waals surface area contributed by atoms with Gasteiger partial charge >= 0.3 is 0 Å². The van der Waals surface area contributed by atoms with Crippen LogP contribution in [0.25, 0.3) is 5.82 Å². The fourth-order valence-corrected chi connectivity index (χ4v) is 4.06. The molecule has 0 aliphatic rings. The average Bonchev–Trinajstić information content (AvgIpc) is 3.53. The van der Waals surface area contributed by atoms with Gasteiger partial charge in [0.25, 0.3) is 5.91 Å². The normalized spacial score (nSPS) is 11.0. The number of hydrogen-bond acceptors (Lipinski definition) is 12. The molecule has 4 aromatic rings. The van der Waals surface area contributed by atoms with Gasteiger partial charge in [0.15, 0.2) is 17.2 Å². The minimum absolute atomic E-state index is 0.0105. The summed E-state index contributed by atoms with van der Waals surface area (Å²) in [6, 6.07) is 13.0. The van der Waals surface area contributed by atoms with Gasteiger partial charge in [0.05, 0.1) is 33.2 Å². The number of nitrogens with one attached hydrogen (secondary N) is 1. The molecule has 186 valence electrons. The van der Waals surface area contributed by atoms with Gasteiger partial charge in [-0.25, -0.2) is 10.1 Å². The fraction of sp³-hybridized carbons (Fsp3) is 0.182. The van der Waals surface area contributed by atoms with Crippen molar-refractivity contribution in [1.82, 2.24) is 30.7 Å². The predicted molar refractivity (Wildman–Crippen MR) is 131 cm³/mol. The molecule has 0 bridgehead atoms. The molecule has 2 heterocycles. The molecule has 3 N–H and O–H groups in total. The van der Waals surface area contributed by atoms with E-state index in [2.05, 4.69) is 35.8 Å². The summed E-state index contributed by atoms with van der Waals surface area (Å²) >= 11 is 1.48. The number of benzene rings is 2. The molecule has 0 atom stereocenters. The van der Waals surface area contributed by atoms with E-state index in [-0.39, 0.29) is 17.3 Å². The van der Waals surface area contributed by atoms with Crippen molar-refractivity contribution in [2.45, 2.75) is 10.6 Å². The largest absolute Gasteiger partial charge is 0.496 e. The van der Waals surface area contributed by atoms with E-state index in [0.717, 1.165) is 4.90 Å². The van der Waals surface area contributed by atoms with Crippen LogP contribution in [0.4, 0.5) is 5.82 Å². The molecule has 0 radical (unpaired) electrons. The second kappa shape index (κ2) is 11.2. The van der Waals surface area contributed by atoms with E-state index in [9.17, 15) is 4.79 Å². The summed E-state index contributed by atoms with van der Waals surface area (Å²) in [5.41, 5.74) is 9.32. The number of anilines is 1. The van der Waals surface area contributed by atoms with Crippen LogP contribution in [-0.2, 0) is 5.75 Å². The Morgan fingerprint density at radius 2 is 1.83 bits per heavy atom. The molecule has 0 unspecified atom stereocenters. The van der Waals surface area contributed by atoms with Crippen molar-refractivity contribution < 1.29 is 23.6 Å². The van der Waals surface area contributed by atoms with E-state index in [1.807, 2.05) is 30.3 Å². The van der Waals surface area contributed by atoms with Crippen molar-refractivity contribution in [3.8, 4) is 23.1 Å². The first-order chi connectivity index (χ1) is 17.5. The molecule has 0 spiro atoms. The number of nitrogens with zero attached hydrogens (tertiary/aromatic N) is 6. The summed E-state index contributed by atoms with van der Waals surface area (Å²) in [7, 11) is 4.55. The van der Waals surface area contributed by atoms with E-state index in [1.165, 1.54) is 44.0 Å². The molecule has 4 rings (SSSR count). The van der Waals surface area contributed by atoms with Crippen LogP contribution in [0.5, 0.6) is 17.2 Å². The van der Waals surface area contributed by atoms with E-state index in [0.29, 0.717) is 34.3 Å². The Hall–Kier alpha value is -4.59. The van der Waals surface area contributed by atoms with Gasteiger partial charge in [0.1, 0.15) is 5.75 Å². The Balaban J connectivity index is 1.58. The number of hydrazone groups is 1. The third-order valence-electron chi connectivity index (χ3n) is 4.90. The van der Waals surface area contributed by atoms with Crippen LogP contribution in [0.3, 0.4) is 0 Å². The van der Waals surface area contributed by atoms with Crippen molar-refractivity contribution in [2.75, 3.05) is 27.1 Å². The zero-order chi connectivity index (χ0) is 25.5. The van der Waals surface area contributed by atoms with Gasteiger partial charge in [-0.3, -0.25) is 4.79 Å². The number of rotatable bonds is 10. The zero-order valence-corrected chi connectivity index (χ0v) is 20.4. The van der Waals surface area contributed by atoms with Gasteiger partial charge in [-0.1, -0.05) is 23.4 Å². The third kappa shape index (κ3) is 5.22. The predicted octanol–water partition coefficient (Wildman–Crippen LogP) is 2.31. The Morgan fingerprint density at radius 1 is 1.11 bits per heavy atom. The minimum atomic E-state index is -0.587. The summed E-state index contributed by atoms with van der Waals surface area (Å²) in [5, 5.41) is 19.5. The molecule has 1 amide bonds. The fourth-order valence-electron chi connectivity index (χ4n) is 3.15. The molecule has 0 fully saturated rings. The van der Waals surface area contributed by atoms with Crippen molar-refractivity contribution in [1.29, 1.82) is 0 Å². The first kappa shape index (κ1) is 24.5. The number of nitrogens with two attached hydrogens (primary N) is 1. The molecule has 2 aromatic carbocycles. The van der Waals surface area contributed by atoms with E-state index in [1.54, 1.807) is 12.1 Å². The number of hydrogen-bond donors (Lipinski definition) is 2. The van der Waals surface area contributed by atoms with Crippen molar-refractivity contribution in [3.05, 3.63) is 59.4 Å². The van der Waals surface area contributed by atoms with Gasteiger partial charge in [0, 0.05) is 22.3 Å². The minimum Gasteiger partial charge on any atom is -0.496 e. The monoisotopic (exact) mass is 510 g/mol. The molecule has 0 aliphatic carbocycles. The molecule has 13 nitrogen and oxygen atoms in total. The highest BCUT2D eigenvalue weighted by Crippen LogP contribution is 2.33. The standard InChI is InChI=1S/C22H22N8O5S/c1-32-16-10-18(34-3)17(33-2)9-13(16)11-24-26-22(31)19-15(12-36-14-7-5-4-6-8-14)30(29-25-19)21-20(23)27-35-28-21/h4-11H,12H2,1-3H3,(H2,23,27)(H,26,31)/b24-11+. The smallest absolute Gasteiger partial charge is 0.293 e. The Bertz CT molecular complexity index is 1370. The number of aromatic nitrogens is 5. The number of amides is 1. The van der Waals surface area contributed by atoms with Gasteiger partial charge in [-0.2, -0.15) is 9.78 Å². The van der Waals surface area contributed by atoms with E-state index in [4.69, 9.17) is 19.9 Å².